The first-order valence-electron chi connectivity index (χ1n) is 9.72. The number of hydrogen-bond donors (Lipinski definition) is 2. The first-order valence-corrected chi connectivity index (χ1v) is 11.2. The summed E-state index contributed by atoms with van der Waals surface area (Å²) in [6.45, 7) is 4.57. The van der Waals surface area contributed by atoms with Gasteiger partial charge in [0.1, 0.15) is 17.4 Å². The van der Waals surface area contributed by atoms with Crippen LogP contribution in [0.15, 0.2) is 69.5 Å². The Hall–Kier alpha value is -3.17. The van der Waals surface area contributed by atoms with Gasteiger partial charge in [-0.2, -0.15) is 8.42 Å². The van der Waals surface area contributed by atoms with Crippen LogP contribution in [0.3, 0.4) is 0 Å². The Morgan fingerprint density at radius 1 is 1.23 bits per heavy atom. The molecule has 0 bridgehead atoms. The van der Waals surface area contributed by atoms with Crippen molar-refractivity contribution in [2.75, 3.05) is 11.4 Å². The molecule has 1 aromatic carbocycles. The Morgan fingerprint density at radius 2 is 1.97 bits per heavy atom. The summed E-state index contributed by atoms with van der Waals surface area (Å²) in [5.74, 6) is -1.53. The van der Waals surface area contributed by atoms with Gasteiger partial charge in [0.25, 0.3) is 10.1 Å². The average Bonchev–Trinajstić information content (AvgIpc) is 2.92. The Labute approximate surface area is 178 Å². The molecule has 160 valence electrons. The molecule has 0 aromatic heterocycles. The smallest absolute Gasteiger partial charge is 0.339 e. The lowest BCUT2D eigenvalue weighted by Gasteiger charge is -2.40. The van der Waals surface area contributed by atoms with Crippen molar-refractivity contribution in [3.8, 4) is 0 Å². The predicted octanol–water partition coefficient (Wildman–Crippen LogP) is 2.49. The highest BCUT2D eigenvalue weighted by Gasteiger charge is 2.47. The van der Waals surface area contributed by atoms with E-state index >= 15 is 0 Å². The third kappa shape index (κ3) is 2.80. The fraction of sp³-hybridized carbons (Fsp3) is 0.273. The summed E-state index contributed by atoms with van der Waals surface area (Å²) in [5, 5.41) is 9.30. The maximum absolute atomic E-state index is 12.1. The molecule has 1 aliphatic carbocycles. The number of carbonyl (C=O) groups is 2. The molecule has 0 saturated carbocycles. The first kappa shape index (κ1) is 19.8. The predicted molar refractivity (Wildman–Crippen MR) is 110 cm³/mol. The van der Waals surface area contributed by atoms with Gasteiger partial charge in [0.15, 0.2) is 5.78 Å². The minimum atomic E-state index is -4.34. The Kier molecular flexibility index (Phi) is 3.94. The molecule has 31 heavy (non-hydrogen) atoms. The largest absolute Gasteiger partial charge is 0.485 e. The van der Waals surface area contributed by atoms with Crippen molar-refractivity contribution in [1.82, 2.24) is 0 Å². The second kappa shape index (κ2) is 6.18. The summed E-state index contributed by atoms with van der Waals surface area (Å²) in [5.41, 5.74) is 3.04. The number of ether oxygens (including phenoxy) is 1. The maximum Gasteiger partial charge on any atom is 0.339 e. The van der Waals surface area contributed by atoms with Crippen LogP contribution in [0.1, 0.15) is 25.8 Å². The van der Waals surface area contributed by atoms with Crippen molar-refractivity contribution in [3.05, 3.63) is 70.2 Å². The summed E-state index contributed by atoms with van der Waals surface area (Å²) in [6, 6.07) is 4.57. The molecule has 0 saturated heterocycles. The molecular formula is C22H19NO7S. The van der Waals surface area contributed by atoms with E-state index in [-0.39, 0.29) is 16.6 Å². The van der Waals surface area contributed by atoms with E-state index in [1.165, 1.54) is 24.3 Å². The zero-order chi connectivity index (χ0) is 22.3. The Morgan fingerprint density at radius 3 is 2.65 bits per heavy atom. The number of fused-ring (bicyclic) bond motifs is 5. The van der Waals surface area contributed by atoms with Gasteiger partial charge in [-0.05, 0) is 35.9 Å². The van der Waals surface area contributed by atoms with Crippen molar-refractivity contribution >= 4 is 27.6 Å². The summed E-state index contributed by atoms with van der Waals surface area (Å²) < 4.78 is 38.9. The molecule has 1 atom stereocenters. The van der Waals surface area contributed by atoms with E-state index in [9.17, 15) is 27.7 Å². The molecule has 0 radical (unpaired) electrons. The second-order valence-electron chi connectivity index (χ2n) is 8.47. The van der Waals surface area contributed by atoms with Gasteiger partial charge in [-0.25, -0.2) is 4.79 Å². The van der Waals surface area contributed by atoms with Gasteiger partial charge in [-0.15, -0.1) is 0 Å². The third-order valence-corrected chi connectivity index (χ3v) is 7.10. The van der Waals surface area contributed by atoms with Crippen LogP contribution in [0.5, 0.6) is 0 Å². The molecular weight excluding hydrogens is 422 g/mol. The molecule has 1 aromatic rings. The van der Waals surface area contributed by atoms with E-state index in [0.717, 1.165) is 22.5 Å². The zero-order valence-electron chi connectivity index (χ0n) is 16.7. The number of allylic oxidation sites excluding steroid dienone is 3. The van der Waals surface area contributed by atoms with Crippen LogP contribution >= 0.6 is 0 Å². The molecule has 0 amide bonds. The van der Waals surface area contributed by atoms with Crippen LogP contribution in [-0.4, -0.2) is 42.5 Å². The number of carbonyl (C=O) groups excluding carboxylic acids is 1. The van der Waals surface area contributed by atoms with Crippen molar-refractivity contribution in [2.24, 2.45) is 0 Å². The van der Waals surface area contributed by atoms with Gasteiger partial charge >= 0.3 is 5.97 Å². The molecule has 4 aliphatic rings. The number of nitrogens with zero attached hydrogens (tertiary/aromatic N) is 1. The van der Waals surface area contributed by atoms with E-state index in [0.29, 0.717) is 24.3 Å². The first-order chi connectivity index (χ1) is 14.5. The lowest BCUT2D eigenvalue weighted by molar-refractivity contribution is -0.134. The molecule has 9 heteroatoms. The summed E-state index contributed by atoms with van der Waals surface area (Å²) in [6.07, 6.45) is 4.74. The number of anilines is 1. The summed E-state index contributed by atoms with van der Waals surface area (Å²) in [4.78, 5) is 25.4. The molecule has 5 rings (SSSR count). The number of rotatable bonds is 2. The molecule has 2 N–H and O–H groups in total. The van der Waals surface area contributed by atoms with E-state index in [4.69, 9.17) is 4.74 Å². The molecule has 0 spiro atoms. The van der Waals surface area contributed by atoms with Crippen molar-refractivity contribution in [3.63, 3.8) is 0 Å². The quantitative estimate of drug-likeness (QED) is 0.530. The lowest BCUT2D eigenvalue weighted by atomic mass is 9.79. The summed E-state index contributed by atoms with van der Waals surface area (Å²) in [7, 11) is -4.34. The average molecular weight is 441 g/mol. The van der Waals surface area contributed by atoms with Gasteiger partial charge in [0.05, 0.1) is 4.90 Å². The number of aliphatic carboxylic acids is 1. The van der Waals surface area contributed by atoms with Crippen LogP contribution in [-0.2, 0) is 29.9 Å². The highest BCUT2D eigenvalue weighted by atomic mass is 32.2. The minimum Gasteiger partial charge on any atom is -0.485 e. The molecule has 0 fully saturated rings. The fourth-order valence-corrected chi connectivity index (χ4v) is 5.37. The number of carboxylic acids is 1. The zero-order valence-corrected chi connectivity index (χ0v) is 17.6. The number of hydrogen-bond acceptors (Lipinski definition) is 6. The number of ketones is 1. The highest BCUT2D eigenvalue weighted by Crippen LogP contribution is 2.53. The molecule has 3 aliphatic heterocycles. The van der Waals surface area contributed by atoms with Crippen LogP contribution in [0.4, 0.5) is 5.69 Å². The number of carboxylic acid groups (broad SMARTS) is 1. The monoisotopic (exact) mass is 441 g/mol. The summed E-state index contributed by atoms with van der Waals surface area (Å²) >= 11 is 0. The SMILES string of the molecule is CC1(C)C2=C3C=C4C=C(C(=O)O)C(=O)C=C4OC3CCN2c2ccc(S(=O)(=O)O)cc21. The van der Waals surface area contributed by atoms with Crippen molar-refractivity contribution in [2.45, 2.75) is 36.7 Å². The maximum atomic E-state index is 12.1. The minimum absolute atomic E-state index is 0.162. The fourth-order valence-electron chi connectivity index (χ4n) is 4.86. The van der Waals surface area contributed by atoms with Gasteiger partial charge in [0.2, 0.25) is 0 Å². The molecule has 3 heterocycles. The molecule has 8 nitrogen and oxygen atoms in total. The molecule has 1 unspecified atom stereocenters. The Bertz CT molecular complexity index is 1310. The van der Waals surface area contributed by atoms with Gasteiger partial charge in [0, 0.05) is 47.0 Å². The van der Waals surface area contributed by atoms with Crippen molar-refractivity contribution < 1.29 is 32.4 Å². The standard InChI is InChI=1S/C22H19NO7S/c1-22(2)15-9-12(31(27,28)29)3-4-16(15)23-6-5-18-14(20(22)23)8-11-7-13(21(25)26)17(24)10-19(11)30-18/h3-4,7-10,18H,5-6H2,1-2H3,(H,25,26)(H,27,28,29). The van der Waals surface area contributed by atoms with Crippen LogP contribution < -0.4 is 4.90 Å². The van der Waals surface area contributed by atoms with Gasteiger partial charge in [-0.1, -0.05) is 13.8 Å². The lowest BCUT2D eigenvalue weighted by Crippen LogP contribution is -2.39. The highest BCUT2D eigenvalue weighted by molar-refractivity contribution is 7.85. The van der Waals surface area contributed by atoms with Gasteiger partial charge < -0.3 is 14.7 Å². The normalized spacial score (nSPS) is 23.6. The van der Waals surface area contributed by atoms with E-state index in [2.05, 4.69) is 4.90 Å². The second-order valence-corrected chi connectivity index (χ2v) is 9.89. The van der Waals surface area contributed by atoms with Crippen LogP contribution in [0.25, 0.3) is 0 Å². The topological polar surface area (TPSA) is 121 Å². The van der Waals surface area contributed by atoms with Crippen molar-refractivity contribution in [1.29, 1.82) is 0 Å². The van der Waals surface area contributed by atoms with E-state index in [1.807, 2.05) is 19.9 Å². The van der Waals surface area contributed by atoms with Crippen LogP contribution in [0.2, 0.25) is 0 Å². The van der Waals surface area contributed by atoms with E-state index in [1.54, 1.807) is 6.07 Å². The van der Waals surface area contributed by atoms with Gasteiger partial charge in [-0.3, -0.25) is 9.35 Å². The van der Waals surface area contributed by atoms with Crippen LogP contribution in [0, 0.1) is 0 Å². The van der Waals surface area contributed by atoms with E-state index < -0.39 is 27.3 Å². The third-order valence-electron chi connectivity index (χ3n) is 6.25. The Balaban J connectivity index is 1.70. The number of benzene rings is 1.